The zero-order chi connectivity index (χ0) is 14.4. The molecule has 0 amide bonds. The Hall–Kier alpha value is -1.40. The first kappa shape index (κ1) is 14.0. The van der Waals surface area contributed by atoms with Crippen LogP contribution in [0.25, 0.3) is 0 Å². The van der Waals surface area contributed by atoms with Gasteiger partial charge < -0.3 is 14.3 Å². The van der Waals surface area contributed by atoms with E-state index in [9.17, 15) is 9.59 Å². The van der Waals surface area contributed by atoms with Gasteiger partial charge >= 0.3 is 7.12 Å². The Morgan fingerprint density at radius 1 is 1.21 bits per heavy atom. The highest BCUT2D eigenvalue weighted by Gasteiger charge is 2.52. The number of carbonyl (C=O) groups excluding carboxylic acids is 1. The molecule has 0 aromatic carbocycles. The zero-order valence-corrected chi connectivity index (χ0v) is 11.9. The van der Waals surface area contributed by atoms with E-state index in [1.165, 1.54) is 19.2 Å². The first-order valence-electron chi connectivity index (χ1n) is 6.23. The van der Waals surface area contributed by atoms with Crippen LogP contribution in [0.15, 0.2) is 17.1 Å². The second-order valence-corrected chi connectivity index (χ2v) is 5.81. The van der Waals surface area contributed by atoms with Gasteiger partial charge in [-0.3, -0.25) is 9.59 Å². The number of aromatic nitrogens is 1. The molecule has 1 aliphatic rings. The molecule has 1 saturated heterocycles. The smallest absolute Gasteiger partial charge is 0.398 e. The van der Waals surface area contributed by atoms with Crippen molar-refractivity contribution in [3.05, 3.63) is 28.0 Å². The number of H-pyrrole nitrogens is 1. The van der Waals surface area contributed by atoms with E-state index < -0.39 is 18.3 Å². The largest absolute Gasteiger partial charge is 0.512 e. The van der Waals surface area contributed by atoms with E-state index in [1.807, 2.05) is 27.7 Å². The Labute approximate surface area is 112 Å². The van der Waals surface area contributed by atoms with Gasteiger partial charge in [-0.25, -0.2) is 0 Å². The topological polar surface area (TPSA) is 68.4 Å². The van der Waals surface area contributed by atoms with Crippen molar-refractivity contribution >= 4 is 18.5 Å². The Kier molecular flexibility index (Phi) is 3.19. The molecule has 6 heteroatoms. The van der Waals surface area contributed by atoms with Crippen LogP contribution < -0.4 is 11.0 Å². The third-order valence-electron chi connectivity index (χ3n) is 3.82. The summed E-state index contributed by atoms with van der Waals surface area (Å²) in [6, 6.07) is 1.36. The lowest BCUT2D eigenvalue weighted by molar-refractivity contribution is 0.00578. The highest BCUT2D eigenvalue weighted by Crippen LogP contribution is 2.36. The Morgan fingerprint density at radius 2 is 1.74 bits per heavy atom. The summed E-state index contributed by atoms with van der Waals surface area (Å²) in [5.41, 5.74) is -0.591. The van der Waals surface area contributed by atoms with Crippen LogP contribution in [0.2, 0.25) is 0 Å². The molecule has 0 bridgehead atoms. The van der Waals surface area contributed by atoms with E-state index in [0.29, 0.717) is 5.59 Å². The van der Waals surface area contributed by atoms with Crippen molar-refractivity contribution in [3.8, 4) is 0 Å². The molecular weight excluding hydrogens is 245 g/mol. The second-order valence-electron chi connectivity index (χ2n) is 5.81. The maximum absolute atomic E-state index is 11.8. The average Bonchev–Trinajstić information content (AvgIpc) is 2.47. The van der Waals surface area contributed by atoms with E-state index in [-0.39, 0.29) is 16.8 Å². The molecule has 5 nitrogen and oxygen atoms in total. The van der Waals surface area contributed by atoms with Crippen molar-refractivity contribution in [1.29, 1.82) is 0 Å². The van der Waals surface area contributed by atoms with E-state index in [0.717, 1.165) is 0 Å². The molecule has 0 atom stereocenters. The Bertz CT molecular complexity index is 560. The van der Waals surface area contributed by atoms with Crippen molar-refractivity contribution < 1.29 is 14.1 Å². The fourth-order valence-electron chi connectivity index (χ4n) is 1.87. The predicted molar refractivity (Wildman–Crippen MR) is 72.8 cm³/mol. The molecule has 0 radical (unpaired) electrons. The molecule has 102 valence electrons. The summed E-state index contributed by atoms with van der Waals surface area (Å²) < 4.78 is 11.7. The Morgan fingerprint density at radius 3 is 2.16 bits per heavy atom. The summed E-state index contributed by atoms with van der Waals surface area (Å²) in [5, 5.41) is 0. The standard InChI is InChI=1S/C13H18BNO4/c1-8(16)9-7-15-11(6-10(9)17)14-18-12(2,3)13(4,5)19-14/h6-7H,1-5H3,(H,15,17). The van der Waals surface area contributed by atoms with Crippen LogP contribution in [0.4, 0.5) is 0 Å². The minimum atomic E-state index is -0.626. The Balaban J connectivity index is 2.33. The molecular formula is C13H18BNO4. The van der Waals surface area contributed by atoms with Gasteiger partial charge in [0.15, 0.2) is 11.2 Å². The van der Waals surface area contributed by atoms with Crippen molar-refractivity contribution in [2.75, 3.05) is 0 Å². The second kappa shape index (κ2) is 4.32. The molecule has 1 aromatic rings. The number of hydrogen-bond acceptors (Lipinski definition) is 4. The van der Waals surface area contributed by atoms with Gasteiger partial charge in [-0.2, -0.15) is 0 Å². The van der Waals surface area contributed by atoms with Crippen LogP contribution >= 0.6 is 0 Å². The monoisotopic (exact) mass is 263 g/mol. The van der Waals surface area contributed by atoms with E-state index in [2.05, 4.69) is 4.98 Å². The quantitative estimate of drug-likeness (QED) is 0.635. The minimum Gasteiger partial charge on any atom is -0.398 e. The number of ketones is 1. The lowest BCUT2D eigenvalue weighted by Crippen LogP contribution is -2.41. The van der Waals surface area contributed by atoms with Crippen LogP contribution in [0.3, 0.4) is 0 Å². The molecule has 0 spiro atoms. The van der Waals surface area contributed by atoms with Crippen LogP contribution in [-0.4, -0.2) is 29.1 Å². The third-order valence-corrected chi connectivity index (χ3v) is 3.82. The summed E-state index contributed by atoms with van der Waals surface area (Å²) in [5.74, 6) is -0.262. The van der Waals surface area contributed by atoms with Crippen LogP contribution in [0, 0.1) is 0 Å². The lowest BCUT2D eigenvalue weighted by atomic mass is 9.84. The molecule has 1 fully saturated rings. The van der Waals surface area contributed by atoms with Gasteiger partial charge in [0.05, 0.1) is 16.8 Å². The molecule has 1 aromatic heterocycles. The predicted octanol–water partition coefficient (Wildman–Crippen LogP) is 0.877. The molecule has 0 unspecified atom stereocenters. The molecule has 2 heterocycles. The van der Waals surface area contributed by atoms with Crippen molar-refractivity contribution in [2.24, 2.45) is 0 Å². The highest BCUT2D eigenvalue weighted by molar-refractivity contribution is 6.61. The molecule has 19 heavy (non-hydrogen) atoms. The molecule has 0 saturated carbocycles. The van der Waals surface area contributed by atoms with E-state index in [4.69, 9.17) is 9.31 Å². The minimum absolute atomic E-state index is 0.139. The maximum Gasteiger partial charge on any atom is 0.512 e. The fourth-order valence-corrected chi connectivity index (χ4v) is 1.87. The average molecular weight is 263 g/mol. The number of aromatic amines is 1. The number of hydrogen-bond donors (Lipinski definition) is 1. The van der Waals surface area contributed by atoms with Crippen LogP contribution in [-0.2, 0) is 9.31 Å². The van der Waals surface area contributed by atoms with Crippen molar-refractivity contribution in [1.82, 2.24) is 4.98 Å². The van der Waals surface area contributed by atoms with Gasteiger partial charge in [-0.05, 0) is 34.6 Å². The number of nitrogens with one attached hydrogen (secondary N) is 1. The normalized spacial score (nSPS) is 20.6. The summed E-state index contributed by atoms with van der Waals surface area (Å²) in [6.45, 7) is 9.12. The summed E-state index contributed by atoms with van der Waals surface area (Å²) in [7, 11) is -0.626. The van der Waals surface area contributed by atoms with Crippen molar-refractivity contribution in [3.63, 3.8) is 0 Å². The molecule has 1 N–H and O–H groups in total. The highest BCUT2D eigenvalue weighted by atomic mass is 16.7. The number of carbonyl (C=O) groups is 1. The zero-order valence-electron chi connectivity index (χ0n) is 11.9. The summed E-state index contributed by atoms with van der Waals surface area (Å²) in [6.07, 6.45) is 1.41. The lowest BCUT2D eigenvalue weighted by Gasteiger charge is -2.32. The van der Waals surface area contributed by atoms with Gasteiger partial charge in [0.25, 0.3) is 0 Å². The fraction of sp³-hybridized carbons (Fsp3) is 0.538. The first-order chi connectivity index (χ1) is 8.64. The molecule has 2 rings (SSSR count). The summed E-state index contributed by atoms with van der Waals surface area (Å²) >= 11 is 0. The van der Waals surface area contributed by atoms with Crippen molar-refractivity contribution in [2.45, 2.75) is 45.8 Å². The third kappa shape index (κ3) is 2.38. The SMILES string of the molecule is CC(=O)c1c[nH]c(B2OC(C)(C)C(C)(C)O2)cc1=O. The molecule has 0 aliphatic carbocycles. The maximum atomic E-state index is 11.8. The van der Waals surface area contributed by atoms with E-state index >= 15 is 0 Å². The van der Waals surface area contributed by atoms with Gasteiger partial charge in [0, 0.05) is 17.9 Å². The van der Waals surface area contributed by atoms with Gasteiger partial charge in [0.1, 0.15) is 0 Å². The number of Topliss-reactive ketones (excluding diaryl/α,β-unsaturated/α-hetero) is 1. The van der Waals surface area contributed by atoms with E-state index in [1.54, 1.807) is 0 Å². The number of pyridine rings is 1. The summed E-state index contributed by atoms with van der Waals surface area (Å²) in [4.78, 5) is 25.9. The number of rotatable bonds is 2. The first-order valence-corrected chi connectivity index (χ1v) is 6.23. The van der Waals surface area contributed by atoms with Crippen LogP contribution in [0.5, 0.6) is 0 Å². The molecule has 1 aliphatic heterocycles. The van der Waals surface area contributed by atoms with Gasteiger partial charge in [0.2, 0.25) is 0 Å². The van der Waals surface area contributed by atoms with Gasteiger partial charge in [-0.1, -0.05) is 0 Å². The van der Waals surface area contributed by atoms with Crippen LogP contribution in [0.1, 0.15) is 45.0 Å². The van der Waals surface area contributed by atoms with Gasteiger partial charge in [-0.15, -0.1) is 0 Å².